The summed E-state index contributed by atoms with van der Waals surface area (Å²) in [6.45, 7) is 6.68. The van der Waals surface area contributed by atoms with Crippen LogP contribution in [0.3, 0.4) is 0 Å². The third-order valence-electron chi connectivity index (χ3n) is 8.00. The molecule has 2 unspecified atom stereocenters. The molecule has 0 aromatic carbocycles. The normalized spacial score (nSPS) is 12.9. The molecule has 1 N–H and O–H groups in total. The average Bonchev–Trinajstić information content (AvgIpc) is 2.91. The lowest BCUT2D eigenvalue weighted by atomic mass is 9.94. The molecule has 0 saturated carbocycles. The maximum Gasteiger partial charge on any atom is 0.345 e. The summed E-state index contributed by atoms with van der Waals surface area (Å²) in [5.74, 6) is -1.40. The molecule has 0 heterocycles. The molecule has 0 rings (SSSR count). The number of carboxylic acids is 1. The summed E-state index contributed by atoms with van der Waals surface area (Å²) in [7, 11) is 0. The topological polar surface area (TPSA) is 63.6 Å². The van der Waals surface area contributed by atoms with Crippen LogP contribution in [0.4, 0.5) is 0 Å². The molecule has 0 fully saturated rings. The maximum absolute atomic E-state index is 13.0. The lowest BCUT2D eigenvalue weighted by Gasteiger charge is -2.20. The molecular weight excluding hydrogens is 472 g/mol. The number of rotatable bonds is 30. The number of carbonyl (C=O) groups excluding carboxylic acids is 1. The van der Waals surface area contributed by atoms with Gasteiger partial charge in [0, 0.05) is 0 Å². The summed E-state index contributed by atoms with van der Waals surface area (Å²) in [5, 5.41) is 9.67. The standard InChI is InChI=1S/C34H66O4/c1-4-7-10-13-15-16-17-18-19-20-21-22-24-27-30-32(33(35)36)38-34(37)31(28-25-12-9-6-3)29-26-23-14-11-8-5-2/h31-32H,4-30H2,1-3H3,(H,35,36). The van der Waals surface area contributed by atoms with Crippen LogP contribution in [-0.2, 0) is 14.3 Å². The molecule has 0 aromatic rings. The number of esters is 1. The predicted octanol–water partition coefficient (Wildman–Crippen LogP) is 11.2. The number of unbranched alkanes of at least 4 members (excludes halogenated alkanes) is 21. The molecule has 2 atom stereocenters. The fraction of sp³-hybridized carbons (Fsp3) is 0.941. The second-order valence-corrected chi connectivity index (χ2v) is 11.8. The van der Waals surface area contributed by atoms with E-state index in [1.807, 2.05) is 0 Å². The minimum absolute atomic E-state index is 0.142. The van der Waals surface area contributed by atoms with Gasteiger partial charge in [0.05, 0.1) is 5.92 Å². The van der Waals surface area contributed by atoms with Gasteiger partial charge >= 0.3 is 11.9 Å². The molecule has 0 saturated heterocycles. The van der Waals surface area contributed by atoms with Crippen LogP contribution in [0.1, 0.15) is 194 Å². The van der Waals surface area contributed by atoms with E-state index in [4.69, 9.17) is 4.74 Å². The Bertz CT molecular complexity index is 519. The quantitative estimate of drug-likeness (QED) is 0.0729. The Morgan fingerprint density at radius 1 is 0.474 bits per heavy atom. The van der Waals surface area contributed by atoms with Crippen molar-refractivity contribution < 1.29 is 19.4 Å². The summed E-state index contributed by atoms with van der Waals surface area (Å²) in [6, 6.07) is 0. The zero-order valence-electron chi connectivity index (χ0n) is 25.9. The molecule has 226 valence electrons. The van der Waals surface area contributed by atoms with Crippen molar-refractivity contribution in [1.29, 1.82) is 0 Å². The van der Waals surface area contributed by atoms with Crippen molar-refractivity contribution in [1.82, 2.24) is 0 Å². The third kappa shape index (κ3) is 24.0. The number of carbonyl (C=O) groups is 2. The second kappa shape index (κ2) is 28.9. The van der Waals surface area contributed by atoms with Crippen molar-refractivity contribution in [3.63, 3.8) is 0 Å². The number of ether oxygens (including phenoxy) is 1. The summed E-state index contributed by atoms with van der Waals surface area (Å²) in [4.78, 5) is 24.8. The Balaban J connectivity index is 4.15. The van der Waals surface area contributed by atoms with Crippen molar-refractivity contribution in [2.24, 2.45) is 5.92 Å². The van der Waals surface area contributed by atoms with Crippen LogP contribution in [0.5, 0.6) is 0 Å². The Labute approximate surface area is 237 Å². The van der Waals surface area contributed by atoms with Gasteiger partial charge in [-0.05, 0) is 25.7 Å². The SMILES string of the molecule is CCCCCCCCCCCCCCCCC(OC(=O)C(CCCCCC)CCCCCCCC)C(=O)O. The zero-order valence-corrected chi connectivity index (χ0v) is 25.9. The molecule has 0 radical (unpaired) electrons. The van der Waals surface area contributed by atoms with Gasteiger partial charge in [0.2, 0.25) is 0 Å². The van der Waals surface area contributed by atoms with Crippen molar-refractivity contribution in [3.8, 4) is 0 Å². The van der Waals surface area contributed by atoms with E-state index in [9.17, 15) is 14.7 Å². The van der Waals surface area contributed by atoms with Crippen molar-refractivity contribution in [2.45, 2.75) is 200 Å². The number of carboxylic acid groups (broad SMARTS) is 1. The van der Waals surface area contributed by atoms with E-state index in [1.165, 1.54) is 109 Å². The molecule has 0 aromatic heterocycles. The van der Waals surface area contributed by atoms with Crippen molar-refractivity contribution in [2.75, 3.05) is 0 Å². The number of aliphatic carboxylic acids is 1. The van der Waals surface area contributed by atoms with E-state index < -0.39 is 12.1 Å². The van der Waals surface area contributed by atoms with E-state index in [1.54, 1.807) is 0 Å². The first kappa shape index (κ1) is 36.9. The summed E-state index contributed by atoms with van der Waals surface area (Å²) in [5.41, 5.74) is 0. The van der Waals surface area contributed by atoms with Gasteiger partial charge in [-0.15, -0.1) is 0 Å². The van der Waals surface area contributed by atoms with E-state index in [0.29, 0.717) is 6.42 Å². The van der Waals surface area contributed by atoms with Crippen LogP contribution < -0.4 is 0 Å². The molecule has 4 heteroatoms. The maximum atomic E-state index is 13.0. The fourth-order valence-electron chi connectivity index (χ4n) is 5.36. The van der Waals surface area contributed by atoms with Crippen LogP contribution in [0.2, 0.25) is 0 Å². The highest BCUT2D eigenvalue weighted by Gasteiger charge is 2.26. The third-order valence-corrected chi connectivity index (χ3v) is 8.00. The zero-order chi connectivity index (χ0) is 28.1. The number of hydrogen-bond acceptors (Lipinski definition) is 3. The first-order valence-corrected chi connectivity index (χ1v) is 17.0. The lowest BCUT2D eigenvalue weighted by molar-refractivity contribution is -0.168. The largest absolute Gasteiger partial charge is 0.479 e. The smallest absolute Gasteiger partial charge is 0.345 e. The Kier molecular flexibility index (Phi) is 28.1. The van der Waals surface area contributed by atoms with E-state index in [2.05, 4.69) is 20.8 Å². The Morgan fingerprint density at radius 2 is 0.763 bits per heavy atom. The first-order chi connectivity index (χ1) is 18.6. The summed E-state index contributed by atoms with van der Waals surface area (Å²) in [6.07, 6.45) is 30.7. The molecule has 0 spiro atoms. The van der Waals surface area contributed by atoms with Gasteiger partial charge in [0.1, 0.15) is 0 Å². The monoisotopic (exact) mass is 538 g/mol. The fourth-order valence-corrected chi connectivity index (χ4v) is 5.36. The minimum atomic E-state index is -0.989. The van der Waals surface area contributed by atoms with Crippen LogP contribution >= 0.6 is 0 Å². The van der Waals surface area contributed by atoms with Crippen LogP contribution in [0.25, 0.3) is 0 Å². The molecule has 38 heavy (non-hydrogen) atoms. The van der Waals surface area contributed by atoms with Gasteiger partial charge in [-0.25, -0.2) is 4.79 Å². The highest BCUT2D eigenvalue weighted by atomic mass is 16.6. The lowest BCUT2D eigenvalue weighted by Crippen LogP contribution is -2.30. The molecule has 0 aliphatic carbocycles. The molecule has 0 amide bonds. The Morgan fingerprint density at radius 3 is 1.11 bits per heavy atom. The molecule has 4 nitrogen and oxygen atoms in total. The number of hydrogen-bond donors (Lipinski definition) is 1. The summed E-state index contributed by atoms with van der Waals surface area (Å²) < 4.78 is 5.60. The Hall–Kier alpha value is -1.06. The van der Waals surface area contributed by atoms with Gasteiger partial charge < -0.3 is 9.84 Å². The summed E-state index contributed by atoms with van der Waals surface area (Å²) >= 11 is 0. The van der Waals surface area contributed by atoms with Gasteiger partial charge in [-0.2, -0.15) is 0 Å². The second-order valence-electron chi connectivity index (χ2n) is 11.8. The van der Waals surface area contributed by atoms with E-state index in [0.717, 1.165) is 57.8 Å². The predicted molar refractivity (Wildman–Crippen MR) is 163 cm³/mol. The molecule has 0 bridgehead atoms. The minimum Gasteiger partial charge on any atom is -0.479 e. The van der Waals surface area contributed by atoms with Crippen molar-refractivity contribution >= 4 is 11.9 Å². The molecule has 0 aliphatic rings. The van der Waals surface area contributed by atoms with Gasteiger partial charge in [-0.1, -0.05) is 168 Å². The van der Waals surface area contributed by atoms with Gasteiger partial charge in [0.25, 0.3) is 0 Å². The molecule has 0 aliphatic heterocycles. The van der Waals surface area contributed by atoms with Crippen LogP contribution in [0, 0.1) is 5.92 Å². The average molecular weight is 539 g/mol. The van der Waals surface area contributed by atoms with E-state index in [-0.39, 0.29) is 11.9 Å². The first-order valence-electron chi connectivity index (χ1n) is 17.0. The van der Waals surface area contributed by atoms with Gasteiger partial charge in [0.15, 0.2) is 6.10 Å². The highest BCUT2D eigenvalue weighted by molar-refractivity contribution is 5.79. The van der Waals surface area contributed by atoms with Crippen LogP contribution in [0.15, 0.2) is 0 Å². The van der Waals surface area contributed by atoms with Crippen molar-refractivity contribution in [3.05, 3.63) is 0 Å². The van der Waals surface area contributed by atoms with Crippen LogP contribution in [-0.4, -0.2) is 23.1 Å². The molecular formula is C34H66O4. The van der Waals surface area contributed by atoms with E-state index >= 15 is 0 Å². The van der Waals surface area contributed by atoms with Gasteiger partial charge in [-0.3, -0.25) is 4.79 Å². The highest BCUT2D eigenvalue weighted by Crippen LogP contribution is 2.22.